The lowest BCUT2D eigenvalue weighted by molar-refractivity contribution is 0.100. The summed E-state index contributed by atoms with van der Waals surface area (Å²) in [6.07, 6.45) is 0. The van der Waals surface area contributed by atoms with Crippen molar-refractivity contribution in [3.8, 4) is 0 Å². The van der Waals surface area contributed by atoms with Crippen LogP contribution in [0.3, 0.4) is 0 Å². The minimum atomic E-state index is -0.403. The largest absolute Gasteiger partial charge is 0.384 e. The number of rotatable bonds is 6. The van der Waals surface area contributed by atoms with Gasteiger partial charge < -0.3 is 11.1 Å². The average molecular weight is 286 g/mol. The quantitative estimate of drug-likeness (QED) is 0.633. The van der Waals surface area contributed by atoms with Crippen molar-refractivity contribution < 1.29 is 4.79 Å². The Kier molecular flexibility index (Phi) is 5.07. The van der Waals surface area contributed by atoms with Crippen LogP contribution in [0.25, 0.3) is 0 Å². The van der Waals surface area contributed by atoms with Crippen LogP contribution in [0.15, 0.2) is 53.4 Å². The molecule has 0 unspecified atom stereocenters. The van der Waals surface area contributed by atoms with Gasteiger partial charge in [0.2, 0.25) is 0 Å². The maximum atomic E-state index is 11.3. The summed E-state index contributed by atoms with van der Waals surface area (Å²) in [6, 6.07) is 15.8. The van der Waals surface area contributed by atoms with Gasteiger partial charge >= 0.3 is 0 Å². The van der Waals surface area contributed by atoms with Crippen LogP contribution in [0.1, 0.15) is 15.9 Å². The van der Waals surface area contributed by atoms with E-state index in [1.807, 2.05) is 18.2 Å². The zero-order chi connectivity index (χ0) is 14.4. The summed E-state index contributed by atoms with van der Waals surface area (Å²) in [5.74, 6) is 0.523. The zero-order valence-corrected chi connectivity index (χ0v) is 12.2. The van der Waals surface area contributed by atoms with Crippen molar-refractivity contribution >= 4 is 23.4 Å². The third kappa shape index (κ3) is 4.03. The Hall–Kier alpha value is -1.94. The fourth-order valence-corrected chi connectivity index (χ4v) is 2.61. The number of nitrogens with one attached hydrogen (secondary N) is 1. The summed E-state index contributed by atoms with van der Waals surface area (Å²) in [5, 5.41) is 3.25. The highest BCUT2D eigenvalue weighted by Crippen LogP contribution is 2.19. The normalized spacial score (nSPS) is 10.2. The molecule has 0 saturated carbocycles. The molecule has 0 radical (unpaired) electrons. The highest BCUT2D eigenvalue weighted by Gasteiger charge is 2.05. The van der Waals surface area contributed by atoms with Gasteiger partial charge in [-0.2, -0.15) is 0 Å². The van der Waals surface area contributed by atoms with E-state index in [-0.39, 0.29) is 0 Å². The summed E-state index contributed by atoms with van der Waals surface area (Å²) < 4.78 is 0. The number of carbonyl (C=O) groups is 1. The number of hydrogen-bond donors (Lipinski definition) is 2. The lowest BCUT2D eigenvalue weighted by Crippen LogP contribution is -2.15. The Morgan fingerprint density at radius 1 is 1.15 bits per heavy atom. The summed E-state index contributed by atoms with van der Waals surface area (Å²) in [6.45, 7) is 2.86. The molecule has 0 heterocycles. The third-order valence-electron chi connectivity index (χ3n) is 2.90. The van der Waals surface area contributed by atoms with E-state index in [0.29, 0.717) is 5.56 Å². The monoisotopic (exact) mass is 286 g/mol. The van der Waals surface area contributed by atoms with Gasteiger partial charge in [-0.3, -0.25) is 4.79 Å². The van der Waals surface area contributed by atoms with Crippen molar-refractivity contribution in [3.63, 3.8) is 0 Å². The fourth-order valence-electron chi connectivity index (χ4n) is 1.84. The second-order valence-corrected chi connectivity index (χ2v) is 5.67. The maximum absolute atomic E-state index is 11.3. The van der Waals surface area contributed by atoms with Crippen molar-refractivity contribution in [2.75, 3.05) is 17.6 Å². The molecule has 0 aliphatic carbocycles. The van der Waals surface area contributed by atoms with Gasteiger partial charge in [-0.1, -0.05) is 29.8 Å². The molecule has 2 rings (SSSR count). The fraction of sp³-hybridized carbons (Fsp3) is 0.188. The summed E-state index contributed by atoms with van der Waals surface area (Å²) in [4.78, 5) is 12.5. The Bertz CT molecular complexity index is 581. The number of nitrogens with two attached hydrogens (primary N) is 1. The van der Waals surface area contributed by atoms with Gasteiger partial charge in [-0.05, 0) is 31.2 Å². The first-order valence-corrected chi connectivity index (χ1v) is 7.47. The van der Waals surface area contributed by atoms with Gasteiger partial charge in [0.1, 0.15) is 0 Å². The van der Waals surface area contributed by atoms with Crippen LogP contribution < -0.4 is 11.1 Å². The van der Waals surface area contributed by atoms with Crippen molar-refractivity contribution in [2.45, 2.75) is 11.8 Å². The van der Waals surface area contributed by atoms with E-state index in [9.17, 15) is 4.79 Å². The van der Waals surface area contributed by atoms with Gasteiger partial charge in [-0.25, -0.2) is 0 Å². The van der Waals surface area contributed by atoms with Crippen molar-refractivity contribution in [3.05, 3.63) is 59.7 Å². The summed E-state index contributed by atoms with van der Waals surface area (Å²) in [7, 11) is 0. The molecule has 0 aliphatic heterocycles. The number of primary amides is 1. The van der Waals surface area contributed by atoms with Gasteiger partial charge in [0.05, 0.1) is 5.56 Å². The highest BCUT2D eigenvalue weighted by molar-refractivity contribution is 7.99. The van der Waals surface area contributed by atoms with E-state index in [1.54, 1.807) is 17.8 Å². The lowest BCUT2D eigenvalue weighted by atomic mass is 10.1. The van der Waals surface area contributed by atoms with Crippen molar-refractivity contribution in [1.29, 1.82) is 0 Å². The minimum absolute atomic E-state index is 0.403. The second-order valence-electron chi connectivity index (χ2n) is 4.50. The number of amides is 1. The Morgan fingerprint density at radius 3 is 2.55 bits per heavy atom. The molecule has 0 fully saturated rings. The Morgan fingerprint density at radius 2 is 1.85 bits per heavy atom. The number of benzene rings is 2. The van der Waals surface area contributed by atoms with Gasteiger partial charge in [0.25, 0.3) is 5.91 Å². The topological polar surface area (TPSA) is 55.1 Å². The number of hydrogen-bond acceptors (Lipinski definition) is 3. The molecule has 0 aliphatic rings. The van der Waals surface area contributed by atoms with Crippen LogP contribution >= 0.6 is 11.8 Å². The van der Waals surface area contributed by atoms with Crippen LogP contribution in [0.2, 0.25) is 0 Å². The third-order valence-corrected chi connectivity index (χ3v) is 3.91. The molecule has 3 nitrogen and oxygen atoms in total. The first kappa shape index (κ1) is 14.5. The zero-order valence-electron chi connectivity index (χ0n) is 11.4. The van der Waals surface area contributed by atoms with E-state index in [4.69, 9.17) is 5.73 Å². The van der Waals surface area contributed by atoms with Crippen molar-refractivity contribution in [1.82, 2.24) is 0 Å². The number of carbonyl (C=O) groups excluding carboxylic acids is 1. The van der Waals surface area contributed by atoms with E-state index >= 15 is 0 Å². The van der Waals surface area contributed by atoms with E-state index in [0.717, 1.165) is 18.0 Å². The minimum Gasteiger partial charge on any atom is -0.384 e. The molecule has 1 amide bonds. The standard InChI is InChI=1S/C16H18N2OS/c1-12-6-8-13(9-7-12)20-11-10-18-15-5-3-2-4-14(15)16(17)19/h2-9,18H,10-11H2,1H3,(H2,17,19). The molecule has 0 spiro atoms. The highest BCUT2D eigenvalue weighted by atomic mass is 32.2. The van der Waals surface area contributed by atoms with Gasteiger partial charge in [-0.15, -0.1) is 11.8 Å². The number of thioether (sulfide) groups is 1. The molecular weight excluding hydrogens is 268 g/mol. The smallest absolute Gasteiger partial charge is 0.250 e. The summed E-state index contributed by atoms with van der Waals surface area (Å²) in [5.41, 5.74) is 7.94. The van der Waals surface area contributed by atoms with E-state index in [1.165, 1.54) is 10.5 Å². The molecule has 3 N–H and O–H groups in total. The molecule has 20 heavy (non-hydrogen) atoms. The first-order chi connectivity index (χ1) is 9.66. The SMILES string of the molecule is Cc1ccc(SCCNc2ccccc2C(N)=O)cc1. The average Bonchev–Trinajstić information content (AvgIpc) is 2.46. The molecular formula is C16H18N2OS. The van der Waals surface area contributed by atoms with Gasteiger partial charge in [0.15, 0.2) is 0 Å². The predicted molar refractivity (Wildman–Crippen MR) is 85.4 cm³/mol. The van der Waals surface area contributed by atoms with Crippen LogP contribution in [-0.2, 0) is 0 Å². The number of para-hydroxylation sites is 1. The van der Waals surface area contributed by atoms with Crippen LogP contribution in [-0.4, -0.2) is 18.2 Å². The molecule has 0 atom stereocenters. The first-order valence-electron chi connectivity index (χ1n) is 6.49. The molecule has 0 bridgehead atoms. The molecule has 104 valence electrons. The number of anilines is 1. The molecule has 0 saturated heterocycles. The van der Waals surface area contributed by atoms with Gasteiger partial charge in [0, 0.05) is 22.9 Å². The second kappa shape index (κ2) is 7.01. The molecule has 0 aromatic heterocycles. The molecule has 4 heteroatoms. The molecule has 2 aromatic rings. The Labute approximate surface area is 123 Å². The van der Waals surface area contributed by atoms with Crippen LogP contribution in [0.4, 0.5) is 5.69 Å². The lowest BCUT2D eigenvalue weighted by Gasteiger charge is -2.09. The number of aryl methyl sites for hydroxylation is 1. The maximum Gasteiger partial charge on any atom is 0.250 e. The summed E-state index contributed by atoms with van der Waals surface area (Å²) >= 11 is 1.78. The van der Waals surface area contributed by atoms with Crippen molar-refractivity contribution in [2.24, 2.45) is 5.73 Å². The van der Waals surface area contributed by atoms with E-state index in [2.05, 4.69) is 36.5 Å². The Balaban J connectivity index is 1.84. The predicted octanol–water partition coefficient (Wildman–Crippen LogP) is 3.30. The van der Waals surface area contributed by atoms with Crippen LogP contribution in [0, 0.1) is 6.92 Å². The molecule has 2 aromatic carbocycles. The van der Waals surface area contributed by atoms with E-state index < -0.39 is 5.91 Å². The van der Waals surface area contributed by atoms with Crippen LogP contribution in [0.5, 0.6) is 0 Å².